The zero-order valence-corrected chi connectivity index (χ0v) is 7.50. The van der Waals surface area contributed by atoms with E-state index in [-0.39, 0.29) is 5.78 Å². The zero-order chi connectivity index (χ0) is 10.3. The second kappa shape index (κ2) is 6.22. The molecule has 0 radical (unpaired) electrons. The average Bonchev–Trinajstić information content (AvgIpc) is 2.05. The predicted octanol–water partition coefficient (Wildman–Crippen LogP) is 2.56. The molecular weight excluding hydrogens is 176 g/mol. The van der Waals surface area contributed by atoms with Gasteiger partial charge >= 0.3 is 0 Å². The molecule has 1 rings (SSSR count). The van der Waals surface area contributed by atoms with Crippen molar-refractivity contribution in [2.24, 2.45) is 0 Å². The number of carbonyl (C=O) groups excluding carboxylic acids is 1. The van der Waals surface area contributed by atoms with E-state index in [1.54, 1.807) is 24.5 Å². The van der Waals surface area contributed by atoms with Gasteiger partial charge in [-0.15, -0.1) is 0 Å². The second-order valence-electron chi connectivity index (χ2n) is 2.31. The van der Waals surface area contributed by atoms with Gasteiger partial charge in [-0.2, -0.15) is 0 Å². The van der Waals surface area contributed by atoms with Gasteiger partial charge in [0.2, 0.25) is 6.43 Å². The average molecular weight is 187 g/mol. The Balaban J connectivity index is 0.000000310. The number of pyridine rings is 1. The Hall–Kier alpha value is -1.32. The molecule has 0 aliphatic heterocycles. The summed E-state index contributed by atoms with van der Waals surface area (Å²) in [7, 11) is 0. The minimum atomic E-state index is -2.17. The Kier molecular flexibility index (Phi) is 5.59. The van der Waals surface area contributed by atoms with Crippen molar-refractivity contribution in [3.05, 3.63) is 30.1 Å². The minimum Gasteiger partial charge on any atom is -0.295 e. The van der Waals surface area contributed by atoms with Gasteiger partial charge in [-0.3, -0.25) is 9.78 Å². The normalized spacial score (nSPS) is 9.00. The van der Waals surface area contributed by atoms with Crippen LogP contribution in [0.4, 0.5) is 8.78 Å². The summed E-state index contributed by atoms with van der Waals surface area (Å²) in [6.07, 6.45) is 1.05. The highest BCUT2D eigenvalue weighted by atomic mass is 19.3. The van der Waals surface area contributed by atoms with Crippen LogP contribution in [0.3, 0.4) is 0 Å². The number of hydrogen-bond acceptors (Lipinski definition) is 2. The summed E-state index contributed by atoms with van der Waals surface area (Å²) in [6.45, 7) is 2.37. The number of nitrogens with zero attached hydrogens (tertiary/aromatic N) is 1. The number of hydrogen-bond donors (Lipinski definition) is 0. The van der Waals surface area contributed by atoms with Crippen LogP contribution < -0.4 is 0 Å². The van der Waals surface area contributed by atoms with Crippen LogP contribution in [0.25, 0.3) is 0 Å². The first-order valence-electron chi connectivity index (χ1n) is 3.73. The predicted molar refractivity (Wildman–Crippen MR) is 45.9 cm³/mol. The smallest absolute Gasteiger partial charge is 0.235 e. The standard InChI is InChI=1S/C7H7NO.C2H4F2/c1-6(9)7-2-4-8-5-3-7;1-2(3)4/h2-5H,1H3;2H,1H3. The Morgan fingerprint density at radius 1 is 1.38 bits per heavy atom. The van der Waals surface area contributed by atoms with E-state index in [2.05, 4.69) is 4.98 Å². The molecule has 0 aliphatic carbocycles. The highest BCUT2D eigenvalue weighted by Gasteiger charge is 1.93. The van der Waals surface area contributed by atoms with Gasteiger partial charge in [0, 0.05) is 18.0 Å². The lowest BCUT2D eigenvalue weighted by Gasteiger charge is -1.88. The maximum atomic E-state index is 10.6. The number of alkyl halides is 2. The van der Waals surface area contributed by atoms with Crippen molar-refractivity contribution in [1.29, 1.82) is 0 Å². The van der Waals surface area contributed by atoms with E-state index < -0.39 is 6.43 Å². The Bertz CT molecular complexity index is 246. The molecule has 0 atom stereocenters. The largest absolute Gasteiger partial charge is 0.295 e. The molecule has 1 aromatic rings. The zero-order valence-electron chi connectivity index (χ0n) is 7.50. The quantitative estimate of drug-likeness (QED) is 0.632. The van der Waals surface area contributed by atoms with Gasteiger partial charge in [-0.1, -0.05) is 0 Å². The van der Waals surface area contributed by atoms with Crippen molar-refractivity contribution in [1.82, 2.24) is 4.98 Å². The first-order valence-corrected chi connectivity index (χ1v) is 3.73. The van der Waals surface area contributed by atoms with Crippen LogP contribution >= 0.6 is 0 Å². The van der Waals surface area contributed by atoms with Gasteiger partial charge in [-0.25, -0.2) is 8.78 Å². The fraction of sp³-hybridized carbons (Fsp3) is 0.333. The van der Waals surface area contributed by atoms with E-state index in [9.17, 15) is 13.6 Å². The van der Waals surface area contributed by atoms with Crippen LogP contribution in [-0.2, 0) is 0 Å². The molecule has 2 nitrogen and oxygen atoms in total. The van der Waals surface area contributed by atoms with Crippen molar-refractivity contribution in [2.45, 2.75) is 20.3 Å². The third kappa shape index (κ3) is 7.05. The Labute approximate surface area is 75.6 Å². The van der Waals surface area contributed by atoms with E-state index in [1.165, 1.54) is 6.92 Å². The minimum absolute atomic E-state index is 0.0809. The summed E-state index contributed by atoms with van der Waals surface area (Å²) in [4.78, 5) is 14.4. The molecule has 0 N–H and O–H groups in total. The van der Waals surface area contributed by atoms with Crippen molar-refractivity contribution < 1.29 is 13.6 Å². The highest BCUT2D eigenvalue weighted by Crippen LogP contribution is 1.95. The van der Waals surface area contributed by atoms with Crippen LogP contribution in [0.1, 0.15) is 24.2 Å². The van der Waals surface area contributed by atoms with Crippen molar-refractivity contribution in [3.8, 4) is 0 Å². The molecule has 0 amide bonds. The van der Waals surface area contributed by atoms with Gasteiger partial charge in [0.15, 0.2) is 5.78 Å². The van der Waals surface area contributed by atoms with E-state index in [1.807, 2.05) is 0 Å². The van der Waals surface area contributed by atoms with Crippen molar-refractivity contribution >= 4 is 5.78 Å². The van der Waals surface area contributed by atoms with Crippen LogP contribution in [-0.4, -0.2) is 17.2 Å². The summed E-state index contributed by atoms with van der Waals surface area (Å²) in [5.74, 6) is 0.0809. The lowest BCUT2D eigenvalue weighted by molar-refractivity contribution is 0.101. The van der Waals surface area contributed by atoms with Crippen LogP contribution in [0, 0.1) is 0 Å². The van der Waals surface area contributed by atoms with Crippen LogP contribution in [0.15, 0.2) is 24.5 Å². The maximum absolute atomic E-state index is 10.6. The second-order valence-corrected chi connectivity index (χ2v) is 2.31. The van der Waals surface area contributed by atoms with Gasteiger partial charge in [0.1, 0.15) is 0 Å². The Morgan fingerprint density at radius 3 is 2.00 bits per heavy atom. The molecule has 1 aromatic heterocycles. The highest BCUT2D eigenvalue weighted by molar-refractivity contribution is 5.93. The molecule has 0 unspecified atom stereocenters. The van der Waals surface area contributed by atoms with E-state index in [0.717, 1.165) is 6.92 Å². The molecule has 4 heteroatoms. The summed E-state index contributed by atoms with van der Waals surface area (Å²) in [6, 6.07) is 3.39. The number of ketones is 1. The molecule has 0 saturated carbocycles. The summed E-state index contributed by atoms with van der Waals surface area (Å²) in [5, 5.41) is 0. The Morgan fingerprint density at radius 2 is 1.77 bits per heavy atom. The first-order chi connectivity index (χ1) is 6.04. The number of Topliss-reactive ketones (excluding diaryl/α,β-unsaturated/α-hetero) is 1. The number of rotatable bonds is 1. The monoisotopic (exact) mass is 187 g/mol. The molecule has 0 aromatic carbocycles. The molecule has 0 bridgehead atoms. The molecular formula is C9H11F2NO. The molecule has 0 aliphatic rings. The van der Waals surface area contributed by atoms with E-state index >= 15 is 0 Å². The molecule has 0 spiro atoms. The van der Waals surface area contributed by atoms with Crippen LogP contribution in [0.2, 0.25) is 0 Å². The van der Waals surface area contributed by atoms with Gasteiger partial charge in [-0.05, 0) is 26.0 Å². The molecule has 72 valence electrons. The summed E-state index contributed by atoms with van der Waals surface area (Å²) < 4.78 is 20.7. The van der Waals surface area contributed by atoms with Gasteiger partial charge in [0.05, 0.1) is 0 Å². The topological polar surface area (TPSA) is 30.0 Å². The van der Waals surface area contributed by atoms with Crippen LogP contribution in [0.5, 0.6) is 0 Å². The van der Waals surface area contributed by atoms with Gasteiger partial charge in [0.25, 0.3) is 0 Å². The third-order valence-corrected chi connectivity index (χ3v) is 1.09. The third-order valence-electron chi connectivity index (χ3n) is 1.09. The summed E-state index contributed by atoms with van der Waals surface area (Å²) >= 11 is 0. The van der Waals surface area contributed by atoms with Crippen molar-refractivity contribution in [2.75, 3.05) is 0 Å². The lowest BCUT2D eigenvalue weighted by atomic mass is 10.2. The molecule has 1 heterocycles. The summed E-state index contributed by atoms with van der Waals surface area (Å²) in [5.41, 5.74) is 0.713. The van der Waals surface area contributed by atoms with Gasteiger partial charge < -0.3 is 0 Å². The fourth-order valence-corrected chi connectivity index (χ4v) is 0.587. The lowest BCUT2D eigenvalue weighted by Crippen LogP contribution is -1.89. The van der Waals surface area contributed by atoms with E-state index in [0.29, 0.717) is 5.56 Å². The first kappa shape index (κ1) is 11.7. The molecule has 13 heavy (non-hydrogen) atoms. The van der Waals surface area contributed by atoms with E-state index in [4.69, 9.17) is 0 Å². The SMILES string of the molecule is CC(=O)c1ccncc1.CC(F)F. The molecule has 0 saturated heterocycles. The number of carbonyl (C=O) groups is 1. The molecule has 0 fully saturated rings. The maximum Gasteiger partial charge on any atom is 0.235 e. The van der Waals surface area contributed by atoms with Crippen molar-refractivity contribution in [3.63, 3.8) is 0 Å². The number of halogens is 2. The number of aromatic nitrogens is 1. The fourth-order valence-electron chi connectivity index (χ4n) is 0.587.